The van der Waals surface area contributed by atoms with Crippen molar-refractivity contribution < 1.29 is 22.7 Å². The Morgan fingerprint density at radius 2 is 1.54 bits per heavy atom. The van der Waals surface area contributed by atoms with E-state index in [0.29, 0.717) is 18.7 Å². The minimum atomic E-state index is -3.85. The van der Waals surface area contributed by atoms with Crippen molar-refractivity contribution >= 4 is 27.3 Å². The van der Waals surface area contributed by atoms with Crippen LogP contribution in [-0.2, 0) is 25.8 Å². The number of benzene rings is 2. The molecule has 0 saturated heterocycles. The summed E-state index contributed by atoms with van der Waals surface area (Å²) >= 11 is 0. The molecule has 0 bridgehead atoms. The molecule has 0 aliphatic rings. The number of rotatable bonds is 9. The van der Waals surface area contributed by atoms with Crippen molar-refractivity contribution in [3.8, 4) is 5.75 Å². The maximum atomic E-state index is 12.1. The summed E-state index contributed by atoms with van der Waals surface area (Å²) in [5.74, 6) is -2.03. The Kier molecular flexibility index (Phi) is 7.57. The van der Waals surface area contributed by atoms with Crippen molar-refractivity contribution in [2.45, 2.75) is 13.3 Å². The van der Waals surface area contributed by atoms with E-state index in [1.54, 1.807) is 31.4 Å². The van der Waals surface area contributed by atoms with Crippen molar-refractivity contribution in [1.29, 1.82) is 0 Å². The molecule has 0 radical (unpaired) electrons. The molecule has 2 rings (SSSR count). The zero-order valence-corrected chi connectivity index (χ0v) is 16.7. The Balaban J connectivity index is 1.76. The summed E-state index contributed by atoms with van der Waals surface area (Å²) < 4.78 is 29.2. The van der Waals surface area contributed by atoms with Gasteiger partial charge in [0, 0.05) is 12.2 Å². The Hall–Kier alpha value is -2.87. The fourth-order valence-electron chi connectivity index (χ4n) is 2.47. The highest BCUT2D eigenvalue weighted by Crippen LogP contribution is 2.11. The van der Waals surface area contributed by atoms with Crippen LogP contribution in [0.25, 0.3) is 0 Å². The summed E-state index contributed by atoms with van der Waals surface area (Å²) in [5.41, 5.74) is 2.52. The molecule has 0 fully saturated rings. The van der Waals surface area contributed by atoms with Gasteiger partial charge >= 0.3 is 0 Å². The molecule has 0 aromatic heterocycles. The van der Waals surface area contributed by atoms with Crippen molar-refractivity contribution in [2.75, 3.05) is 30.5 Å². The topological polar surface area (TPSA) is 102 Å². The van der Waals surface area contributed by atoms with Crippen LogP contribution < -0.4 is 15.4 Å². The van der Waals surface area contributed by atoms with Crippen molar-refractivity contribution in [3.05, 3.63) is 59.7 Å². The number of hydrogen-bond donors (Lipinski definition) is 2. The van der Waals surface area contributed by atoms with Crippen LogP contribution in [0.4, 0.5) is 5.69 Å². The summed E-state index contributed by atoms with van der Waals surface area (Å²) in [7, 11) is -2.27. The maximum Gasteiger partial charge on any atom is 0.239 e. The Morgan fingerprint density at radius 1 is 0.929 bits per heavy atom. The zero-order chi connectivity index (χ0) is 20.6. The van der Waals surface area contributed by atoms with E-state index in [2.05, 4.69) is 10.6 Å². The van der Waals surface area contributed by atoms with Gasteiger partial charge in [0.1, 0.15) is 17.3 Å². The molecular weight excluding hydrogens is 380 g/mol. The van der Waals surface area contributed by atoms with Gasteiger partial charge in [0.25, 0.3) is 0 Å². The van der Waals surface area contributed by atoms with E-state index in [4.69, 9.17) is 4.74 Å². The van der Waals surface area contributed by atoms with Gasteiger partial charge in [-0.1, -0.05) is 29.8 Å². The third-order valence-corrected chi connectivity index (χ3v) is 5.34. The lowest BCUT2D eigenvalue weighted by molar-refractivity contribution is -0.118. The number of ether oxygens (including phenoxy) is 1. The second-order valence-corrected chi connectivity index (χ2v) is 8.46. The molecule has 0 aliphatic heterocycles. The highest BCUT2D eigenvalue weighted by molar-refractivity contribution is 7.92. The van der Waals surface area contributed by atoms with E-state index >= 15 is 0 Å². The number of carbonyl (C=O) groups excluding carboxylic acids is 2. The SMILES string of the molecule is COc1ccc(CCNC(=O)CS(=O)(=O)CC(=O)Nc2ccc(C)cc2)cc1. The van der Waals surface area contributed by atoms with Crippen molar-refractivity contribution in [3.63, 3.8) is 0 Å². The number of methoxy groups -OCH3 is 1. The minimum Gasteiger partial charge on any atom is -0.497 e. The standard InChI is InChI=1S/C20H24N2O5S/c1-15-3-7-17(8-4-15)22-20(24)14-28(25,26)13-19(23)21-12-11-16-5-9-18(27-2)10-6-16/h3-10H,11-14H2,1-2H3,(H,21,23)(H,22,24). The highest BCUT2D eigenvalue weighted by Gasteiger charge is 2.20. The molecule has 0 spiro atoms. The zero-order valence-electron chi connectivity index (χ0n) is 15.9. The summed E-state index contributed by atoms with van der Waals surface area (Å²) in [6.45, 7) is 2.21. The van der Waals surface area contributed by atoms with Crippen molar-refractivity contribution in [2.24, 2.45) is 0 Å². The molecule has 2 amide bonds. The quantitative estimate of drug-likeness (QED) is 0.663. The van der Waals surface area contributed by atoms with Crippen LogP contribution in [0.2, 0.25) is 0 Å². The second-order valence-electron chi connectivity index (χ2n) is 6.39. The first-order chi connectivity index (χ1) is 13.3. The lowest BCUT2D eigenvalue weighted by atomic mass is 10.1. The molecule has 7 nitrogen and oxygen atoms in total. The smallest absolute Gasteiger partial charge is 0.239 e. The Bertz CT molecular complexity index is 907. The first-order valence-corrected chi connectivity index (χ1v) is 10.6. The number of hydrogen-bond acceptors (Lipinski definition) is 5. The summed E-state index contributed by atoms with van der Waals surface area (Å²) in [4.78, 5) is 23.8. The van der Waals surface area contributed by atoms with Gasteiger partial charge in [0.2, 0.25) is 11.8 Å². The predicted molar refractivity (Wildman–Crippen MR) is 108 cm³/mol. The van der Waals surface area contributed by atoms with Crippen molar-refractivity contribution in [1.82, 2.24) is 5.32 Å². The van der Waals surface area contributed by atoms with Crippen LogP contribution >= 0.6 is 0 Å². The third-order valence-electron chi connectivity index (χ3n) is 3.93. The molecule has 0 heterocycles. The second kappa shape index (κ2) is 9.89. The summed E-state index contributed by atoms with van der Waals surface area (Å²) in [5, 5.41) is 5.08. The average molecular weight is 404 g/mol. The molecular formula is C20H24N2O5S. The highest BCUT2D eigenvalue weighted by atomic mass is 32.2. The van der Waals surface area contributed by atoms with Gasteiger partial charge < -0.3 is 15.4 Å². The van der Waals surface area contributed by atoms with Gasteiger partial charge in [0.15, 0.2) is 9.84 Å². The van der Waals surface area contributed by atoms with Gasteiger partial charge in [-0.2, -0.15) is 0 Å². The number of sulfone groups is 1. The van der Waals surface area contributed by atoms with E-state index < -0.39 is 33.2 Å². The van der Waals surface area contributed by atoms with Crippen LogP contribution in [0.3, 0.4) is 0 Å². The normalized spacial score (nSPS) is 10.9. The number of aryl methyl sites for hydroxylation is 1. The van der Waals surface area contributed by atoms with Gasteiger partial charge in [-0.25, -0.2) is 8.42 Å². The lowest BCUT2D eigenvalue weighted by Gasteiger charge is -2.08. The fourth-order valence-corrected chi connectivity index (χ4v) is 3.55. The molecule has 2 aromatic rings. The molecule has 0 unspecified atom stereocenters. The molecule has 28 heavy (non-hydrogen) atoms. The predicted octanol–water partition coefficient (Wildman–Crippen LogP) is 1.72. The molecule has 2 aromatic carbocycles. The maximum absolute atomic E-state index is 12.1. The summed E-state index contributed by atoms with van der Waals surface area (Å²) in [6, 6.07) is 14.4. The average Bonchev–Trinajstić information content (AvgIpc) is 2.63. The van der Waals surface area contributed by atoms with Gasteiger partial charge in [-0.3, -0.25) is 9.59 Å². The molecule has 0 atom stereocenters. The molecule has 2 N–H and O–H groups in total. The van der Waals surface area contributed by atoms with E-state index in [-0.39, 0.29) is 0 Å². The van der Waals surface area contributed by atoms with Gasteiger partial charge in [-0.05, 0) is 43.2 Å². The Morgan fingerprint density at radius 3 is 2.14 bits per heavy atom. The van der Waals surface area contributed by atoms with Crippen LogP contribution in [0.5, 0.6) is 5.75 Å². The fraction of sp³-hybridized carbons (Fsp3) is 0.300. The number of amides is 2. The molecule has 150 valence electrons. The van der Waals surface area contributed by atoms with Crippen LogP contribution in [-0.4, -0.2) is 45.4 Å². The first kappa shape index (κ1) is 21.4. The monoisotopic (exact) mass is 404 g/mol. The Labute approximate surface area is 165 Å². The van der Waals surface area contributed by atoms with E-state index in [9.17, 15) is 18.0 Å². The number of anilines is 1. The lowest BCUT2D eigenvalue weighted by Crippen LogP contribution is -2.35. The molecule has 0 saturated carbocycles. The van der Waals surface area contributed by atoms with E-state index in [1.165, 1.54) is 0 Å². The van der Waals surface area contributed by atoms with E-state index in [0.717, 1.165) is 16.9 Å². The minimum absolute atomic E-state index is 0.302. The number of carbonyl (C=O) groups is 2. The van der Waals surface area contributed by atoms with Crippen LogP contribution in [0.1, 0.15) is 11.1 Å². The third kappa shape index (κ3) is 7.40. The van der Waals surface area contributed by atoms with E-state index in [1.807, 2.05) is 31.2 Å². The van der Waals surface area contributed by atoms with Gasteiger partial charge in [-0.15, -0.1) is 0 Å². The molecule has 8 heteroatoms. The summed E-state index contributed by atoms with van der Waals surface area (Å²) in [6.07, 6.45) is 0.559. The largest absolute Gasteiger partial charge is 0.497 e. The first-order valence-electron chi connectivity index (χ1n) is 8.74. The van der Waals surface area contributed by atoms with Gasteiger partial charge in [0.05, 0.1) is 7.11 Å². The number of nitrogens with one attached hydrogen (secondary N) is 2. The van der Waals surface area contributed by atoms with Crippen LogP contribution in [0, 0.1) is 6.92 Å². The van der Waals surface area contributed by atoms with Crippen LogP contribution in [0.15, 0.2) is 48.5 Å². The molecule has 0 aliphatic carbocycles.